The predicted octanol–water partition coefficient (Wildman–Crippen LogP) is 3.90. The number of methoxy groups -OCH3 is 1. The molecule has 33 heavy (non-hydrogen) atoms. The van der Waals surface area contributed by atoms with E-state index < -0.39 is 12.0 Å². The van der Waals surface area contributed by atoms with Crippen LogP contribution in [0.25, 0.3) is 10.8 Å². The smallest absolute Gasteiger partial charge is 0.413 e. The Bertz CT molecular complexity index is 1370. The van der Waals surface area contributed by atoms with Gasteiger partial charge in [-0.1, -0.05) is 48.5 Å². The maximum absolute atomic E-state index is 13.1. The summed E-state index contributed by atoms with van der Waals surface area (Å²) in [5.74, 6) is -0.443. The monoisotopic (exact) mass is 442 g/mol. The summed E-state index contributed by atoms with van der Waals surface area (Å²) in [4.78, 5) is 39.1. The predicted molar refractivity (Wildman–Crippen MR) is 127 cm³/mol. The van der Waals surface area contributed by atoms with Crippen molar-refractivity contribution in [3.63, 3.8) is 0 Å². The number of aromatic nitrogens is 2. The number of amides is 2. The lowest BCUT2D eigenvalue weighted by atomic mass is 10.1. The number of fused-ring (bicyclic) bond motifs is 1. The highest BCUT2D eigenvalue weighted by atomic mass is 16.5. The Morgan fingerprint density at radius 2 is 1.58 bits per heavy atom. The molecule has 0 fully saturated rings. The largest absolute Gasteiger partial charge is 0.452 e. The van der Waals surface area contributed by atoms with Crippen molar-refractivity contribution in [1.82, 2.24) is 9.78 Å². The van der Waals surface area contributed by atoms with Crippen LogP contribution in [-0.2, 0) is 11.3 Å². The van der Waals surface area contributed by atoms with Gasteiger partial charge in [-0.15, -0.1) is 0 Å². The summed E-state index contributed by atoms with van der Waals surface area (Å²) < 4.78 is 6.01. The molecule has 0 aliphatic carbocycles. The van der Waals surface area contributed by atoms with Gasteiger partial charge in [0.15, 0.2) is 5.69 Å². The van der Waals surface area contributed by atoms with Crippen molar-refractivity contribution in [2.45, 2.75) is 6.54 Å². The van der Waals surface area contributed by atoms with E-state index in [-0.39, 0.29) is 17.8 Å². The highest BCUT2D eigenvalue weighted by Crippen LogP contribution is 2.20. The van der Waals surface area contributed by atoms with Crippen LogP contribution < -0.4 is 15.8 Å². The van der Waals surface area contributed by atoms with E-state index in [2.05, 4.69) is 10.4 Å². The zero-order valence-corrected chi connectivity index (χ0v) is 18.2. The normalized spacial score (nSPS) is 10.6. The summed E-state index contributed by atoms with van der Waals surface area (Å²) in [7, 11) is 2.90. The summed E-state index contributed by atoms with van der Waals surface area (Å²) in [6.07, 6.45) is -0.497. The average molecular weight is 442 g/mol. The second-order valence-corrected chi connectivity index (χ2v) is 7.37. The number of carbonyl (C=O) groups is 2. The van der Waals surface area contributed by atoms with Crippen molar-refractivity contribution in [2.24, 2.45) is 0 Å². The Labute approximate surface area is 190 Å². The number of benzene rings is 3. The maximum atomic E-state index is 13.1. The highest BCUT2D eigenvalue weighted by Gasteiger charge is 2.17. The molecule has 2 amide bonds. The van der Waals surface area contributed by atoms with E-state index in [1.165, 1.54) is 16.7 Å². The van der Waals surface area contributed by atoms with E-state index in [9.17, 15) is 14.4 Å². The molecule has 0 aliphatic rings. The summed E-state index contributed by atoms with van der Waals surface area (Å²) in [5.41, 5.74) is 1.92. The fraction of sp³-hybridized carbons (Fsp3) is 0.120. The van der Waals surface area contributed by atoms with Gasteiger partial charge in [0.25, 0.3) is 11.5 Å². The Morgan fingerprint density at radius 1 is 0.939 bits per heavy atom. The lowest BCUT2D eigenvalue weighted by Gasteiger charge is -2.16. The van der Waals surface area contributed by atoms with Gasteiger partial charge in [-0.3, -0.25) is 14.5 Å². The molecule has 0 saturated carbocycles. The molecule has 0 atom stereocenters. The molecule has 0 spiro atoms. The van der Waals surface area contributed by atoms with E-state index in [1.54, 1.807) is 55.6 Å². The molecule has 8 nitrogen and oxygen atoms in total. The van der Waals surface area contributed by atoms with Crippen LogP contribution in [0, 0.1) is 0 Å². The zero-order valence-electron chi connectivity index (χ0n) is 18.2. The van der Waals surface area contributed by atoms with Crippen molar-refractivity contribution >= 4 is 34.1 Å². The minimum atomic E-state index is -0.497. The van der Waals surface area contributed by atoms with Gasteiger partial charge in [-0.05, 0) is 35.9 Å². The Balaban J connectivity index is 1.66. The van der Waals surface area contributed by atoms with E-state index in [0.717, 1.165) is 5.56 Å². The number of nitrogens with zero attached hydrogens (tertiary/aromatic N) is 3. The third-order valence-electron chi connectivity index (χ3n) is 5.22. The molecule has 166 valence electrons. The van der Waals surface area contributed by atoms with E-state index in [1.807, 2.05) is 30.3 Å². The van der Waals surface area contributed by atoms with Gasteiger partial charge >= 0.3 is 6.09 Å². The second-order valence-electron chi connectivity index (χ2n) is 7.37. The molecule has 1 N–H and O–H groups in total. The quantitative estimate of drug-likeness (QED) is 0.506. The van der Waals surface area contributed by atoms with Crippen LogP contribution in [0.2, 0.25) is 0 Å². The first-order chi connectivity index (χ1) is 16.0. The molecule has 8 heteroatoms. The van der Waals surface area contributed by atoms with Crippen LogP contribution in [0.4, 0.5) is 16.2 Å². The molecular formula is C25H22N4O4. The van der Waals surface area contributed by atoms with Crippen LogP contribution >= 0.6 is 0 Å². The molecule has 0 aliphatic heterocycles. The molecule has 4 rings (SSSR count). The number of carbonyl (C=O) groups excluding carboxylic acids is 2. The number of hydrogen-bond acceptors (Lipinski definition) is 5. The minimum Gasteiger partial charge on any atom is -0.452 e. The van der Waals surface area contributed by atoms with Crippen molar-refractivity contribution in [2.75, 3.05) is 24.4 Å². The Hall–Kier alpha value is -4.46. The second kappa shape index (κ2) is 9.35. The number of hydrogen-bond donors (Lipinski definition) is 1. The number of ether oxygens (including phenoxy) is 1. The van der Waals surface area contributed by atoms with Crippen LogP contribution in [0.3, 0.4) is 0 Å². The first kappa shape index (κ1) is 21.8. The Kier molecular flexibility index (Phi) is 6.17. The molecular weight excluding hydrogens is 420 g/mol. The Morgan fingerprint density at radius 3 is 2.24 bits per heavy atom. The fourth-order valence-electron chi connectivity index (χ4n) is 3.47. The third kappa shape index (κ3) is 4.59. The molecule has 0 radical (unpaired) electrons. The number of rotatable bonds is 5. The molecule has 0 bridgehead atoms. The zero-order chi connectivity index (χ0) is 23.4. The van der Waals surface area contributed by atoms with Crippen molar-refractivity contribution < 1.29 is 14.3 Å². The summed E-state index contributed by atoms with van der Waals surface area (Å²) in [6.45, 7) is 0.249. The van der Waals surface area contributed by atoms with E-state index >= 15 is 0 Å². The van der Waals surface area contributed by atoms with Gasteiger partial charge in [0.1, 0.15) is 0 Å². The van der Waals surface area contributed by atoms with Crippen LogP contribution in [0.15, 0.2) is 83.7 Å². The minimum absolute atomic E-state index is 0.150. The van der Waals surface area contributed by atoms with Gasteiger partial charge in [0.2, 0.25) is 0 Å². The van der Waals surface area contributed by atoms with Gasteiger partial charge in [0, 0.05) is 23.8 Å². The lowest BCUT2D eigenvalue weighted by Crippen LogP contribution is -2.28. The standard InChI is InChI=1S/C25H22N4O4/c1-28(25(32)33-2)19-14-12-18(13-15-19)26-23(30)22-20-10-6-7-11-21(20)24(31)29(27-22)16-17-8-4-3-5-9-17/h3-15H,16H2,1-2H3,(H,26,30). The first-order valence-electron chi connectivity index (χ1n) is 10.2. The first-order valence-corrected chi connectivity index (χ1v) is 10.2. The van der Waals surface area contributed by atoms with Crippen LogP contribution in [0.1, 0.15) is 16.1 Å². The van der Waals surface area contributed by atoms with Crippen molar-refractivity contribution in [1.29, 1.82) is 0 Å². The van der Waals surface area contributed by atoms with Crippen molar-refractivity contribution in [3.8, 4) is 0 Å². The van der Waals surface area contributed by atoms with Gasteiger partial charge in [-0.25, -0.2) is 9.48 Å². The SMILES string of the molecule is COC(=O)N(C)c1ccc(NC(=O)c2nn(Cc3ccccc3)c(=O)c3ccccc23)cc1. The van der Waals surface area contributed by atoms with Crippen LogP contribution in [0.5, 0.6) is 0 Å². The third-order valence-corrected chi connectivity index (χ3v) is 5.22. The van der Waals surface area contributed by atoms with Gasteiger partial charge < -0.3 is 10.1 Å². The topological polar surface area (TPSA) is 93.5 Å². The fourth-order valence-corrected chi connectivity index (χ4v) is 3.47. The molecule has 1 heterocycles. The molecule has 0 unspecified atom stereocenters. The summed E-state index contributed by atoms with van der Waals surface area (Å²) >= 11 is 0. The lowest BCUT2D eigenvalue weighted by molar-refractivity contribution is 0.102. The van der Waals surface area contributed by atoms with Crippen molar-refractivity contribution in [3.05, 3.63) is 100 Å². The van der Waals surface area contributed by atoms with Crippen LogP contribution in [-0.4, -0.2) is 35.9 Å². The summed E-state index contributed by atoms with van der Waals surface area (Å²) in [6, 6.07) is 23.1. The number of anilines is 2. The average Bonchev–Trinajstić information content (AvgIpc) is 2.86. The molecule has 3 aromatic carbocycles. The summed E-state index contributed by atoms with van der Waals surface area (Å²) in [5, 5.41) is 8.11. The maximum Gasteiger partial charge on any atom is 0.413 e. The molecule has 4 aromatic rings. The van der Waals surface area contributed by atoms with E-state index in [0.29, 0.717) is 22.1 Å². The van der Waals surface area contributed by atoms with Gasteiger partial charge in [0.05, 0.1) is 19.0 Å². The van der Waals surface area contributed by atoms with E-state index in [4.69, 9.17) is 4.74 Å². The molecule has 1 aromatic heterocycles. The number of nitrogens with one attached hydrogen (secondary N) is 1. The highest BCUT2D eigenvalue weighted by molar-refractivity contribution is 6.11. The van der Waals surface area contributed by atoms with Gasteiger partial charge in [-0.2, -0.15) is 5.10 Å². The molecule has 0 saturated heterocycles.